The second-order valence-electron chi connectivity index (χ2n) is 18.5. The smallest absolute Gasteiger partial charge is 0.357 e. The number of nitrogens with zero attached hydrogens (tertiary/aromatic N) is 12. The molecule has 0 radical (unpaired) electrons. The Morgan fingerprint density at radius 3 is 1.05 bits per heavy atom. The van der Waals surface area contributed by atoms with Gasteiger partial charge in [0.05, 0.1) is 22.1 Å². The lowest BCUT2D eigenvalue weighted by atomic mass is 9.72. The third kappa shape index (κ3) is 6.56. The molecule has 11 rings (SSSR count). The molecule has 0 fully saturated rings. The topological polar surface area (TPSA) is 151 Å². The van der Waals surface area contributed by atoms with Gasteiger partial charge in [-0.1, -0.05) is 137 Å². The van der Waals surface area contributed by atoms with Crippen LogP contribution in [0.4, 0.5) is 0 Å². The first-order chi connectivity index (χ1) is 30.7. The van der Waals surface area contributed by atoms with Crippen LogP contribution in [0.3, 0.4) is 0 Å². The Hall–Kier alpha value is -6.82. The standard InChI is InChI=1S/C47H44N12O3P2/c1-45(2,3)29-25-31-43(41(27-29)61-63(56-37-21-13-9-17-33(37)48-52-56)57-38-22-14-10-18-34(38)49-53-57)60-44-32(47(31,7)8)26-30(46(4,5)6)28-42(44)62-64(58-39-23-15-11-19-35(39)50-54-58)59-40-24-16-12-20-36(40)51-55-59/h9-28H,1-8H3. The third-order valence-electron chi connectivity index (χ3n) is 11.7. The molecule has 0 amide bonds. The SMILES string of the molecule is CC(C)(C)c1cc(OP(n2nnc3ccccc32)n2nnc3ccccc32)c2c(c1)C(C)(C)c1cc(C(C)(C)C)cc(OP(n3nnc4ccccc43)n3nnc4ccccc43)c1O2. The molecule has 0 saturated carbocycles. The molecule has 0 bridgehead atoms. The van der Waals surface area contributed by atoms with Gasteiger partial charge in [0.25, 0.3) is 0 Å². The van der Waals surface area contributed by atoms with Gasteiger partial charge in [-0.25, -0.2) is 0 Å². The number of para-hydroxylation sites is 4. The third-order valence-corrected chi connectivity index (χ3v) is 14.9. The molecule has 15 nitrogen and oxygen atoms in total. The van der Waals surface area contributed by atoms with Gasteiger partial charge in [-0.3, -0.25) is 0 Å². The average Bonchev–Trinajstić information content (AvgIpc) is 4.10. The van der Waals surface area contributed by atoms with Crippen LogP contribution in [0, 0.1) is 0 Å². The van der Waals surface area contributed by atoms with Crippen molar-refractivity contribution in [3.63, 3.8) is 0 Å². The molecule has 0 N–H and O–H groups in total. The lowest BCUT2D eigenvalue weighted by Gasteiger charge is -2.38. The quantitative estimate of drug-likeness (QED) is 0.134. The maximum atomic E-state index is 7.35. The van der Waals surface area contributed by atoms with Crippen molar-refractivity contribution in [1.29, 1.82) is 0 Å². The van der Waals surface area contributed by atoms with Gasteiger partial charge in [-0.05, 0) is 82.6 Å². The van der Waals surface area contributed by atoms with Crippen LogP contribution < -0.4 is 13.8 Å². The van der Waals surface area contributed by atoms with E-state index < -0.39 is 22.3 Å². The molecule has 4 aromatic heterocycles. The first kappa shape index (κ1) is 40.0. The van der Waals surface area contributed by atoms with Gasteiger partial charge in [-0.2, -0.15) is 17.8 Å². The molecule has 0 saturated heterocycles. The van der Waals surface area contributed by atoms with E-state index in [0.717, 1.165) is 66.4 Å². The molecular formula is C47H44N12O3P2. The van der Waals surface area contributed by atoms with E-state index in [1.165, 1.54) is 0 Å². The van der Waals surface area contributed by atoms with Gasteiger partial charge in [0.15, 0.2) is 23.0 Å². The minimum absolute atomic E-state index is 0.259. The van der Waals surface area contributed by atoms with E-state index in [1.54, 1.807) is 17.8 Å². The summed E-state index contributed by atoms with van der Waals surface area (Å²) in [6, 6.07) is 40.0. The summed E-state index contributed by atoms with van der Waals surface area (Å²) in [5, 5.41) is 36.8. The number of hydrogen-bond acceptors (Lipinski definition) is 11. The minimum atomic E-state index is -1.90. The number of rotatable bonds is 8. The fourth-order valence-electron chi connectivity index (χ4n) is 8.02. The zero-order valence-corrected chi connectivity index (χ0v) is 38.3. The first-order valence-electron chi connectivity index (χ1n) is 21.0. The summed E-state index contributed by atoms with van der Waals surface area (Å²) < 4.78 is 29.2. The largest absolute Gasteiger partial charge is 0.449 e. The summed E-state index contributed by atoms with van der Waals surface area (Å²) in [5.74, 6) is 2.15. The van der Waals surface area contributed by atoms with Crippen molar-refractivity contribution in [2.75, 3.05) is 0 Å². The highest BCUT2D eigenvalue weighted by Crippen LogP contribution is 2.60. The second kappa shape index (κ2) is 14.6. The minimum Gasteiger partial charge on any atom is -0.449 e. The van der Waals surface area contributed by atoms with Crippen LogP contribution >= 0.6 is 16.9 Å². The Labute approximate surface area is 370 Å². The molecular weight excluding hydrogens is 843 g/mol. The number of hydrogen-bond donors (Lipinski definition) is 0. The van der Waals surface area contributed by atoms with Gasteiger partial charge in [0.1, 0.15) is 22.1 Å². The lowest BCUT2D eigenvalue weighted by molar-refractivity contribution is 0.380. The van der Waals surface area contributed by atoms with Crippen molar-refractivity contribution in [1.82, 2.24) is 59.1 Å². The molecule has 0 atom stereocenters. The normalized spacial score (nSPS) is 13.8. The van der Waals surface area contributed by atoms with E-state index in [9.17, 15) is 0 Å². The summed E-state index contributed by atoms with van der Waals surface area (Å²) in [5.41, 5.74) is 9.03. The molecule has 0 aliphatic carbocycles. The Balaban J connectivity index is 1.12. The van der Waals surface area contributed by atoms with Gasteiger partial charge in [-0.15, -0.1) is 20.4 Å². The molecule has 17 heteroatoms. The highest BCUT2D eigenvalue weighted by Gasteiger charge is 2.42. The van der Waals surface area contributed by atoms with Crippen molar-refractivity contribution >= 4 is 61.0 Å². The van der Waals surface area contributed by atoms with Crippen molar-refractivity contribution in [2.24, 2.45) is 0 Å². The van der Waals surface area contributed by atoms with Crippen molar-refractivity contribution in [2.45, 2.75) is 71.6 Å². The van der Waals surface area contributed by atoms with Crippen LogP contribution in [0.15, 0.2) is 121 Å². The summed E-state index contributed by atoms with van der Waals surface area (Å²) in [6.45, 7) is 17.7. The predicted octanol–water partition coefficient (Wildman–Crippen LogP) is 11.1. The lowest BCUT2D eigenvalue weighted by Crippen LogP contribution is -2.27. The first-order valence-corrected chi connectivity index (χ1v) is 23.3. The summed E-state index contributed by atoms with van der Waals surface area (Å²) in [4.78, 5) is 0. The van der Waals surface area contributed by atoms with Crippen LogP contribution in [0.2, 0.25) is 0 Å². The summed E-state index contributed by atoms with van der Waals surface area (Å²) in [7, 11) is -3.80. The van der Waals surface area contributed by atoms with Crippen LogP contribution in [0.25, 0.3) is 44.1 Å². The Morgan fingerprint density at radius 2 is 0.750 bits per heavy atom. The number of aromatic nitrogens is 12. The van der Waals surface area contributed by atoms with Crippen LogP contribution in [0.1, 0.15) is 77.6 Å². The van der Waals surface area contributed by atoms with Crippen LogP contribution in [-0.4, -0.2) is 59.1 Å². The molecule has 64 heavy (non-hydrogen) atoms. The molecule has 1 aliphatic rings. The van der Waals surface area contributed by atoms with E-state index in [-0.39, 0.29) is 10.8 Å². The molecule has 0 unspecified atom stereocenters. The number of benzene rings is 6. The highest BCUT2D eigenvalue weighted by molar-refractivity contribution is 7.50. The average molecular weight is 887 g/mol. The Bertz CT molecular complexity index is 3060. The summed E-state index contributed by atoms with van der Waals surface area (Å²) >= 11 is 0. The van der Waals surface area contributed by atoms with Gasteiger partial charge >= 0.3 is 16.9 Å². The van der Waals surface area contributed by atoms with Gasteiger partial charge in [0.2, 0.25) is 0 Å². The Morgan fingerprint density at radius 1 is 0.453 bits per heavy atom. The molecule has 6 aromatic carbocycles. The zero-order chi connectivity index (χ0) is 44.1. The van der Waals surface area contributed by atoms with Gasteiger partial charge in [0, 0.05) is 16.5 Å². The van der Waals surface area contributed by atoms with Crippen molar-refractivity contribution in [3.05, 3.63) is 144 Å². The molecule has 10 aromatic rings. The van der Waals surface area contributed by atoms with Crippen LogP contribution in [0.5, 0.6) is 23.0 Å². The molecule has 320 valence electrons. The second-order valence-corrected chi connectivity index (χ2v) is 21.4. The van der Waals surface area contributed by atoms with Crippen molar-refractivity contribution in [3.8, 4) is 23.0 Å². The van der Waals surface area contributed by atoms with E-state index in [2.05, 4.69) is 121 Å². The van der Waals surface area contributed by atoms with E-state index in [0.29, 0.717) is 23.0 Å². The van der Waals surface area contributed by atoms with E-state index in [1.807, 2.05) is 97.1 Å². The monoisotopic (exact) mass is 886 g/mol. The highest BCUT2D eigenvalue weighted by atomic mass is 31.2. The zero-order valence-electron chi connectivity index (χ0n) is 36.5. The maximum absolute atomic E-state index is 7.35. The molecule has 5 heterocycles. The number of ether oxygens (including phenoxy) is 1. The molecule has 1 aliphatic heterocycles. The maximum Gasteiger partial charge on any atom is 0.357 e. The van der Waals surface area contributed by atoms with E-state index >= 15 is 0 Å². The fraction of sp³-hybridized carbons (Fsp3) is 0.234. The predicted molar refractivity (Wildman–Crippen MR) is 249 cm³/mol. The van der Waals surface area contributed by atoms with Crippen LogP contribution in [-0.2, 0) is 16.2 Å². The van der Waals surface area contributed by atoms with E-state index in [4.69, 9.17) is 13.8 Å². The van der Waals surface area contributed by atoms with Gasteiger partial charge < -0.3 is 13.8 Å². The molecule has 0 spiro atoms. The summed E-state index contributed by atoms with van der Waals surface area (Å²) in [6.07, 6.45) is 0. The fourth-order valence-corrected chi connectivity index (χ4v) is 11.1. The number of fused-ring (bicyclic) bond motifs is 6. The Kier molecular flexibility index (Phi) is 9.13. The van der Waals surface area contributed by atoms with Crippen molar-refractivity contribution < 1.29 is 13.8 Å².